The Kier molecular flexibility index (Phi) is 3.80. The summed E-state index contributed by atoms with van der Waals surface area (Å²) in [5.41, 5.74) is -0.0506. The molecule has 1 heterocycles. The number of carbonyl (C=O) groups excluding carboxylic acids is 1. The second kappa shape index (κ2) is 5.21. The van der Waals surface area contributed by atoms with Crippen LogP contribution in [-0.4, -0.2) is 40.7 Å². The fourth-order valence-electron chi connectivity index (χ4n) is 2.16. The first-order valence-corrected chi connectivity index (χ1v) is 6.72. The molecule has 1 aromatic rings. The Morgan fingerprint density at radius 2 is 1.95 bits per heavy atom. The molecule has 1 aliphatic rings. The Balaban J connectivity index is 1.97. The van der Waals surface area contributed by atoms with Crippen LogP contribution < -0.4 is 4.74 Å². The van der Waals surface area contributed by atoms with Crippen LogP contribution in [0.25, 0.3) is 0 Å². The largest absolute Gasteiger partial charge is 0.491 e. The third-order valence-corrected chi connectivity index (χ3v) is 3.39. The summed E-state index contributed by atoms with van der Waals surface area (Å²) in [6.45, 7) is 6.70. The number of β-amino-alcohol motifs (C(OH)–C–C–N with tert-alkyl or cyclic N) is 1. The minimum Gasteiger partial charge on any atom is -0.491 e. The van der Waals surface area contributed by atoms with Crippen molar-refractivity contribution < 1.29 is 14.6 Å². The van der Waals surface area contributed by atoms with Crippen molar-refractivity contribution in [2.45, 2.75) is 38.9 Å². The molecule has 0 unspecified atom stereocenters. The van der Waals surface area contributed by atoms with E-state index in [1.54, 1.807) is 29.2 Å². The number of amides is 1. The first-order valence-electron chi connectivity index (χ1n) is 6.72. The number of likely N-dealkylation sites (tertiary alicyclic amines) is 1. The summed E-state index contributed by atoms with van der Waals surface area (Å²) in [7, 11) is 0. The SMILES string of the molecule is CCC1(O)CN(C(=O)c2ccc(OC(C)C)cc2)C1. The van der Waals surface area contributed by atoms with E-state index in [9.17, 15) is 9.90 Å². The van der Waals surface area contributed by atoms with Gasteiger partial charge in [-0.2, -0.15) is 0 Å². The molecular weight excluding hydrogens is 242 g/mol. The smallest absolute Gasteiger partial charge is 0.254 e. The quantitative estimate of drug-likeness (QED) is 0.904. The summed E-state index contributed by atoms with van der Waals surface area (Å²) in [5.74, 6) is 0.731. The highest BCUT2D eigenvalue weighted by Crippen LogP contribution is 2.26. The van der Waals surface area contributed by atoms with E-state index in [0.717, 1.165) is 5.75 Å². The molecule has 1 fully saturated rings. The van der Waals surface area contributed by atoms with Crippen LogP contribution in [-0.2, 0) is 0 Å². The van der Waals surface area contributed by atoms with Gasteiger partial charge in [-0.05, 0) is 44.5 Å². The molecule has 0 saturated carbocycles. The number of carbonyl (C=O) groups is 1. The van der Waals surface area contributed by atoms with Gasteiger partial charge in [-0.15, -0.1) is 0 Å². The molecule has 1 amide bonds. The minimum atomic E-state index is -0.684. The van der Waals surface area contributed by atoms with Crippen LogP contribution in [0.5, 0.6) is 5.75 Å². The molecule has 0 bridgehead atoms. The van der Waals surface area contributed by atoms with Gasteiger partial charge in [-0.25, -0.2) is 0 Å². The minimum absolute atomic E-state index is 0.0331. The van der Waals surface area contributed by atoms with E-state index in [1.807, 2.05) is 20.8 Å². The van der Waals surface area contributed by atoms with Crippen molar-refractivity contribution in [2.75, 3.05) is 13.1 Å². The number of benzene rings is 1. The van der Waals surface area contributed by atoms with Gasteiger partial charge in [0.2, 0.25) is 0 Å². The van der Waals surface area contributed by atoms with Gasteiger partial charge in [0.15, 0.2) is 0 Å². The Morgan fingerprint density at radius 1 is 1.37 bits per heavy atom. The van der Waals surface area contributed by atoms with Gasteiger partial charge in [0, 0.05) is 5.56 Å². The van der Waals surface area contributed by atoms with Crippen molar-refractivity contribution in [1.29, 1.82) is 0 Å². The Labute approximate surface area is 114 Å². The molecule has 4 nitrogen and oxygen atoms in total. The van der Waals surface area contributed by atoms with E-state index in [0.29, 0.717) is 25.1 Å². The van der Waals surface area contributed by atoms with Crippen molar-refractivity contribution in [3.05, 3.63) is 29.8 Å². The standard InChI is InChI=1S/C15H21NO3/c1-4-15(18)9-16(10-15)14(17)12-5-7-13(8-6-12)19-11(2)3/h5-8,11,18H,4,9-10H2,1-3H3. The van der Waals surface area contributed by atoms with Gasteiger partial charge >= 0.3 is 0 Å². The molecule has 0 aromatic heterocycles. The zero-order valence-corrected chi connectivity index (χ0v) is 11.7. The van der Waals surface area contributed by atoms with Crippen LogP contribution in [0.3, 0.4) is 0 Å². The lowest BCUT2D eigenvalue weighted by molar-refractivity contribution is -0.0826. The van der Waals surface area contributed by atoms with Gasteiger partial charge in [-0.3, -0.25) is 4.79 Å². The number of aliphatic hydroxyl groups is 1. The topological polar surface area (TPSA) is 49.8 Å². The molecule has 2 rings (SSSR count). The second-order valence-electron chi connectivity index (χ2n) is 5.43. The third kappa shape index (κ3) is 3.07. The molecule has 0 spiro atoms. The maximum Gasteiger partial charge on any atom is 0.254 e. The predicted molar refractivity (Wildman–Crippen MR) is 73.4 cm³/mol. The van der Waals surface area contributed by atoms with Crippen molar-refractivity contribution in [2.24, 2.45) is 0 Å². The van der Waals surface area contributed by atoms with E-state index in [-0.39, 0.29) is 12.0 Å². The lowest BCUT2D eigenvalue weighted by Crippen LogP contribution is -2.63. The van der Waals surface area contributed by atoms with Crippen LogP contribution >= 0.6 is 0 Å². The molecule has 1 N–H and O–H groups in total. The Morgan fingerprint density at radius 3 is 2.42 bits per heavy atom. The number of rotatable bonds is 4. The Bertz CT molecular complexity index is 447. The van der Waals surface area contributed by atoms with E-state index in [2.05, 4.69) is 0 Å². The van der Waals surface area contributed by atoms with E-state index in [1.165, 1.54) is 0 Å². The molecule has 104 valence electrons. The highest BCUT2D eigenvalue weighted by atomic mass is 16.5. The third-order valence-electron chi connectivity index (χ3n) is 3.39. The monoisotopic (exact) mass is 263 g/mol. The summed E-state index contributed by atoms with van der Waals surface area (Å²) < 4.78 is 5.54. The average molecular weight is 263 g/mol. The first kappa shape index (κ1) is 13.9. The molecule has 0 radical (unpaired) electrons. The van der Waals surface area contributed by atoms with Crippen LogP contribution in [0.2, 0.25) is 0 Å². The molecular formula is C15H21NO3. The predicted octanol–water partition coefficient (Wildman–Crippen LogP) is 2.07. The molecule has 1 saturated heterocycles. The highest BCUT2D eigenvalue weighted by Gasteiger charge is 2.42. The van der Waals surface area contributed by atoms with Crippen LogP contribution in [0.1, 0.15) is 37.6 Å². The van der Waals surface area contributed by atoms with Crippen LogP contribution in [0.4, 0.5) is 0 Å². The second-order valence-corrected chi connectivity index (χ2v) is 5.43. The van der Waals surface area contributed by atoms with Gasteiger partial charge in [0.1, 0.15) is 5.75 Å². The van der Waals surface area contributed by atoms with Crippen molar-refractivity contribution in [3.63, 3.8) is 0 Å². The number of nitrogens with zero attached hydrogens (tertiary/aromatic N) is 1. The summed E-state index contributed by atoms with van der Waals surface area (Å²) in [6.07, 6.45) is 0.800. The van der Waals surface area contributed by atoms with Gasteiger partial charge in [0.25, 0.3) is 5.91 Å². The molecule has 19 heavy (non-hydrogen) atoms. The normalized spacial score (nSPS) is 17.2. The lowest BCUT2D eigenvalue weighted by atomic mass is 9.90. The van der Waals surface area contributed by atoms with Crippen LogP contribution in [0, 0.1) is 0 Å². The van der Waals surface area contributed by atoms with Gasteiger partial charge in [-0.1, -0.05) is 6.92 Å². The average Bonchev–Trinajstić information content (AvgIpc) is 2.34. The number of hydrogen-bond donors (Lipinski definition) is 1. The summed E-state index contributed by atoms with van der Waals surface area (Å²) in [5, 5.41) is 9.91. The van der Waals surface area contributed by atoms with Crippen molar-refractivity contribution in [1.82, 2.24) is 4.90 Å². The van der Waals surface area contributed by atoms with Crippen molar-refractivity contribution >= 4 is 5.91 Å². The van der Waals surface area contributed by atoms with E-state index >= 15 is 0 Å². The summed E-state index contributed by atoms with van der Waals surface area (Å²) in [4.78, 5) is 13.8. The maximum absolute atomic E-state index is 12.1. The number of ether oxygens (including phenoxy) is 1. The first-order chi connectivity index (χ1) is 8.93. The maximum atomic E-state index is 12.1. The lowest BCUT2D eigenvalue weighted by Gasteiger charge is -2.46. The Hall–Kier alpha value is -1.55. The molecule has 4 heteroatoms. The van der Waals surface area contributed by atoms with E-state index in [4.69, 9.17) is 4.74 Å². The van der Waals surface area contributed by atoms with E-state index < -0.39 is 5.60 Å². The fraction of sp³-hybridized carbons (Fsp3) is 0.533. The van der Waals surface area contributed by atoms with Gasteiger partial charge < -0.3 is 14.7 Å². The van der Waals surface area contributed by atoms with Crippen molar-refractivity contribution in [3.8, 4) is 5.75 Å². The molecule has 0 atom stereocenters. The molecule has 0 aliphatic carbocycles. The molecule has 1 aliphatic heterocycles. The zero-order valence-electron chi connectivity index (χ0n) is 11.7. The zero-order chi connectivity index (χ0) is 14.0. The number of hydrogen-bond acceptors (Lipinski definition) is 3. The summed E-state index contributed by atoms with van der Waals surface area (Å²) in [6, 6.07) is 7.14. The highest BCUT2D eigenvalue weighted by molar-refractivity contribution is 5.95. The summed E-state index contributed by atoms with van der Waals surface area (Å²) >= 11 is 0. The van der Waals surface area contributed by atoms with Gasteiger partial charge in [0.05, 0.1) is 24.8 Å². The fourth-order valence-corrected chi connectivity index (χ4v) is 2.16. The van der Waals surface area contributed by atoms with Crippen LogP contribution in [0.15, 0.2) is 24.3 Å². The molecule has 1 aromatic carbocycles.